The lowest BCUT2D eigenvalue weighted by Crippen LogP contribution is -2.59. The van der Waals surface area contributed by atoms with E-state index in [1.165, 1.54) is 37.5 Å². The molecule has 3 N–H and O–H groups in total. The van der Waals surface area contributed by atoms with E-state index in [1.54, 1.807) is 0 Å². The molecule has 0 unspecified atom stereocenters. The molecule has 2 aliphatic rings. The molecule has 2 aliphatic heterocycles. The molecule has 0 bridgehead atoms. The lowest BCUT2D eigenvalue weighted by molar-refractivity contribution is 0.0847. The summed E-state index contributed by atoms with van der Waals surface area (Å²) in [5.41, 5.74) is 4.00. The van der Waals surface area contributed by atoms with Crippen LogP contribution in [-0.2, 0) is 20.3 Å². The Kier molecular flexibility index (Phi) is 5.55. The number of sulfonamides is 1. The van der Waals surface area contributed by atoms with E-state index in [9.17, 15) is 22.0 Å². The Morgan fingerprint density at radius 1 is 1.41 bits per heavy atom. The predicted molar refractivity (Wildman–Crippen MR) is 113 cm³/mol. The molecule has 0 spiro atoms. The van der Waals surface area contributed by atoms with Crippen LogP contribution in [-0.4, -0.2) is 61.3 Å². The Morgan fingerprint density at radius 2 is 2.16 bits per heavy atom. The quantitative estimate of drug-likeness (QED) is 0.678. The van der Waals surface area contributed by atoms with E-state index < -0.39 is 51.9 Å². The van der Waals surface area contributed by atoms with Gasteiger partial charge in [0.2, 0.25) is 16.0 Å². The first-order chi connectivity index (χ1) is 15.1. The predicted octanol–water partition coefficient (Wildman–Crippen LogP) is 1.65. The molecule has 2 aromatic rings. The van der Waals surface area contributed by atoms with E-state index >= 15 is 0 Å². The number of benzene rings is 1. The van der Waals surface area contributed by atoms with Crippen LogP contribution in [0.25, 0.3) is 0 Å². The number of alkyl halides is 1. The first-order valence-electron chi connectivity index (χ1n) is 9.34. The number of aliphatic imine (C=N–C) groups is 1. The zero-order chi connectivity index (χ0) is 23.3. The summed E-state index contributed by atoms with van der Waals surface area (Å²) in [5.74, 6) is -1.79. The number of fused-ring (bicyclic) bond motifs is 1. The smallest absolute Gasteiger partial charge is 0.274 e. The van der Waals surface area contributed by atoms with Gasteiger partial charge in [0, 0.05) is 24.5 Å². The van der Waals surface area contributed by atoms with Gasteiger partial charge < -0.3 is 15.8 Å². The van der Waals surface area contributed by atoms with Gasteiger partial charge in [-0.2, -0.15) is 0 Å². The van der Waals surface area contributed by atoms with Gasteiger partial charge in [-0.3, -0.25) is 4.79 Å². The van der Waals surface area contributed by atoms with Crippen LogP contribution in [0, 0.1) is 5.82 Å². The summed E-state index contributed by atoms with van der Waals surface area (Å²) in [6, 6.07) is 6.46. The van der Waals surface area contributed by atoms with Crippen molar-refractivity contribution in [2.24, 2.45) is 10.7 Å². The van der Waals surface area contributed by atoms with Crippen LogP contribution in [0.3, 0.4) is 0 Å². The maximum absolute atomic E-state index is 15.0. The van der Waals surface area contributed by atoms with Crippen molar-refractivity contribution < 1.29 is 26.7 Å². The Bertz CT molecular complexity index is 1210. The van der Waals surface area contributed by atoms with Gasteiger partial charge in [0.05, 0.1) is 11.6 Å². The molecule has 0 aliphatic carbocycles. The molecule has 1 aromatic carbocycles. The standard InChI is InChI=1S/C19H18ClF2N5O4S/c1-27-18(23)26-19(9-31-15(7-21)16(19)32(27,29)30)12-6-11(3-4-13(12)22)25-17(28)14-5-2-10(20)8-24-14/h2-6,8,15-16H,7,9H2,1H3,(H2,23,26)(H,25,28)/t15-,16-,19+/m0/s1. The molecule has 3 atom stereocenters. The van der Waals surface area contributed by atoms with Crippen LogP contribution >= 0.6 is 11.6 Å². The van der Waals surface area contributed by atoms with E-state index in [1.807, 2.05) is 0 Å². The number of amides is 1. The summed E-state index contributed by atoms with van der Waals surface area (Å²) in [6.45, 7) is -1.53. The third kappa shape index (κ3) is 3.48. The van der Waals surface area contributed by atoms with Crippen LogP contribution in [0.4, 0.5) is 14.5 Å². The molecule has 9 nitrogen and oxygen atoms in total. The van der Waals surface area contributed by atoms with Gasteiger partial charge in [0.15, 0.2) is 0 Å². The highest BCUT2D eigenvalue weighted by Gasteiger charge is 2.62. The first kappa shape index (κ1) is 22.4. The molecule has 0 radical (unpaired) electrons. The van der Waals surface area contributed by atoms with E-state index in [-0.39, 0.29) is 22.9 Å². The Labute approximate surface area is 187 Å². The Balaban J connectivity index is 1.78. The summed E-state index contributed by atoms with van der Waals surface area (Å²) < 4.78 is 60.8. The highest BCUT2D eigenvalue weighted by atomic mass is 35.5. The molecular formula is C19H18ClF2N5O4S. The SMILES string of the molecule is CN1C(N)=N[C@@]2(c3cc(NC(=O)c4ccc(Cl)cn4)ccc3F)CO[C@@H](CF)[C@@H]2S1(=O)=O. The maximum atomic E-state index is 15.0. The molecule has 170 valence electrons. The van der Waals surface area contributed by atoms with Gasteiger partial charge in [-0.25, -0.2) is 31.5 Å². The summed E-state index contributed by atoms with van der Waals surface area (Å²) in [4.78, 5) is 20.6. The highest BCUT2D eigenvalue weighted by molar-refractivity contribution is 7.90. The topological polar surface area (TPSA) is 127 Å². The summed E-state index contributed by atoms with van der Waals surface area (Å²) in [6.07, 6.45) is -0.0699. The molecule has 13 heteroatoms. The van der Waals surface area contributed by atoms with Crippen molar-refractivity contribution >= 4 is 39.2 Å². The van der Waals surface area contributed by atoms with Crippen molar-refractivity contribution in [2.75, 3.05) is 25.6 Å². The van der Waals surface area contributed by atoms with Crippen LogP contribution < -0.4 is 11.1 Å². The van der Waals surface area contributed by atoms with Crippen LogP contribution in [0.2, 0.25) is 5.02 Å². The summed E-state index contributed by atoms with van der Waals surface area (Å²) >= 11 is 5.77. The van der Waals surface area contributed by atoms with E-state index in [0.717, 1.165) is 10.4 Å². The number of nitrogens with zero attached hydrogens (tertiary/aromatic N) is 3. The third-order valence-corrected chi connectivity index (χ3v) is 7.98. The molecule has 3 heterocycles. The number of nitrogens with two attached hydrogens (primary N) is 1. The minimum absolute atomic E-state index is 0.0575. The molecule has 0 saturated carbocycles. The number of guanidine groups is 1. The Morgan fingerprint density at radius 3 is 2.81 bits per heavy atom. The van der Waals surface area contributed by atoms with Crippen LogP contribution in [0.15, 0.2) is 41.5 Å². The van der Waals surface area contributed by atoms with Crippen molar-refractivity contribution in [3.63, 3.8) is 0 Å². The van der Waals surface area contributed by atoms with Crippen molar-refractivity contribution in [1.82, 2.24) is 9.29 Å². The fourth-order valence-corrected chi connectivity index (χ4v) is 5.91. The van der Waals surface area contributed by atoms with Crippen LogP contribution in [0.5, 0.6) is 0 Å². The van der Waals surface area contributed by atoms with Crippen molar-refractivity contribution in [1.29, 1.82) is 0 Å². The van der Waals surface area contributed by atoms with Gasteiger partial charge in [-0.1, -0.05) is 11.6 Å². The number of carbonyl (C=O) groups is 1. The number of rotatable bonds is 4. The minimum atomic E-state index is -4.22. The van der Waals surface area contributed by atoms with E-state index in [0.29, 0.717) is 5.02 Å². The normalized spacial score (nSPS) is 26.4. The first-order valence-corrected chi connectivity index (χ1v) is 11.2. The van der Waals surface area contributed by atoms with Gasteiger partial charge in [0.25, 0.3) is 5.91 Å². The number of pyridine rings is 1. The number of aromatic nitrogens is 1. The number of carbonyl (C=O) groups excluding carboxylic acids is 1. The monoisotopic (exact) mass is 485 g/mol. The molecule has 1 aromatic heterocycles. The van der Waals surface area contributed by atoms with Gasteiger partial charge in [-0.05, 0) is 30.3 Å². The molecular weight excluding hydrogens is 468 g/mol. The van der Waals surface area contributed by atoms with Crippen molar-refractivity contribution in [3.8, 4) is 0 Å². The number of hydrogen-bond acceptors (Lipinski definition) is 7. The number of halogens is 3. The van der Waals surface area contributed by atoms with Crippen molar-refractivity contribution in [3.05, 3.63) is 58.6 Å². The molecule has 1 fully saturated rings. The van der Waals surface area contributed by atoms with Gasteiger partial charge in [0.1, 0.15) is 35.1 Å². The lowest BCUT2D eigenvalue weighted by Gasteiger charge is -2.39. The van der Waals surface area contributed by atoms with E-state index in [4.69, 9.17) is 22.1 Å². The fraction of sp³-hybridized carbons (Fsp3) is 0.316. The molecule has 4 rings (SSSR count). The number of nitrogens with one attached hydrogen (secondary N) is 1. The number of anilines is 1. The van der Waals surface area contributed by atoms with Gasteiger partial charge in [-0.15, -0.1) is 0 Å². The number of hydrogen-bond donors (Lipinski definition) is 2. The molecule has 1 saturated heterocycles. The van der Waals surface area contributed by atoms with Gasteiger partial charge >= 0.3 is 0 Å². The maximum Gasteiger partial charge on any atom is 0.274 e. The highest BCUT2D eigenvalue weighted by Crippen LogP contribution is 2.46. The fourth-order valence-electron chi connectivity index (χ4n) is 3.88. The second kappa shape index (κ2) is 7.94. The molecule has 32 heavy (non-hydrogen) atoms. The van der Waals surface area contributed by atoms with E-state index in [2.05, 4.69) is 15.3 Å². The average molecular weight is 486 g/mol. The minimum Gasteiger partial charge on any atom is -0.371 e. The Hall–Kier alpha value is -2.83. The zero-order valence-corrected chi connectivity index (χ0v) is 18.2. The second-order valence-corrected chi connectivity index (χ2v) is 9.86. The molecule has 1 amide bonds. The third-order valence-electron chi connectivity index (χ3n) is 5.47. The number of ether oxygens (including phenoxy) is 1. The average Bonchev–Trinajstić information content (AvgIpc) is 3.14. The van der Waals surface area contributed by atoms with Crippen molar-refractivity contribution in [2.45, 2.75) is 16.9 Å². The summed E-state index contributed by atoms with van der Waals surface area (Å²) in [5, 5.41) is 1.36. The largest absolute Gasteiger partial charge is 0.371 e. The zero-order valence-electron chi connectivity index (χ0n) is 16.6. The second-order valence-electron chi connectivity index (χ2n) is 7.34. The van der Waals surface area contributed by atoms with Crippen LogP contribution in [0.1, 0.15) is 16.1 Å². The lowest BCUT2D eigenvalue weighted by atomic mass is 9.86. The summed E-state index contributed by atoms with van der Waals surface area (Å²) in [7, 11) is -3.04.